The third kappa shape index (κ3) is 13.3. The molecular weight excluding hydrogens is 875 g/mol. The predicted octanol–water partition coefficient (Wildman–Crippen LogP) is 5.72. The van der Waals surface area contributed by atoms with Crippen molar-refractivity contribution in [2.75, 3.05) is 55.6 Å². The summed E-state index contributed by atoms with van der Waals surface area (Å²) in [6, 6.07) is 8.86. The second kappa shape index (κ2) is 22.8. The Morgan fingerprint density at radius 2 is 1.06 bits per heavy atom. The average molecular weight is 947 g/mol. The average Bonchev–Trinajstić information content (AvgIpc) is 3.75. The molecule has 2 aromatic rings. The van der Waals surface area contributed by atoms with Crippen molar-refractivity contribution < 1.29 is 59.6 Å². The summed E-state index contributed by atoms with van der Waals surface area (Å²) in [4.78, 5) is 27.8. The predicted molar refractivity (Wildman–Crippen MR) is 238 cm³/mol. The summed E-state index contributed by atoms with van der Waals surface area (Å²) in [5.41, 5.74) is 0.955. The van der Waals surface area contributed by atoms with Gasteiger partial charge in [-0.2, -0.15) is 34.9 Å². The molecule has 2 saturated heterocycles. The number of amides is 2. The van der Waals surface area contributed by atoms with Gasteiger partial charge in [-0.3, -0.25) is 9.80 Å². The van der Waals surface area contributed by atoms with E-state index in [0.29, 0.717) is 49.7 Å². The molecule has 2 N–H and O–H groups in total. The summed E-state index contributed by atoms with van der Waals surface area (Å²) in [7, 11) is 0.777. The first-order chi connectivity index (χ1) is 31.8. The molecule has 0 unspecified atom stereocenters. The highest BCUT2D eigenvalue weighted by molar-refractivity contribution is 7.87. The molecule has 2 aliphatic heterocycles. The van der Waals surface area contributed by atoms with Gasteiger partial charge in [0.25, 0.3) is 20.4 Å². The fourth-order valence-corrected chi connectivity index (χ4v) is 10.4. The van der Waals surface area contributed by atoms with Crippen molar-refractivity contribution in [2.24, 2.45) is 0 Å². The van der Waals surface area contributed by atoms with Crippen LogP contribution < -0.4 is 9.44 Å². The van der Waals surface area contributed by atoms with Crippen LogP contribution in [0.1, 0.15) is 106 Å². The first kappa shape index (κ1) is 45.6. The Hall–Kier alpha value is -3.50. The van der Waals surface area contributed by atoms with Crippen molar-refractivity contribution in [3.05, 3.63) is 71.3 Å². The van der Waals surface area contributed by atoms with Gasteiger partial charge in [0, 0.05) is 57.8 Å². The number of likely N-dealkylation sites (tertiary alicyclic amines) is 2. The second-order valence-electron chi connectivity index (χ2n) is 17.0. The zero-order valence-corrected chi connectivity index (χ0v) is 39.5. The molecule has 0 radical (unpaired) electrons. The highest BCUT2D eigenvalue weighted by atomic mass is 32.2. The van der Waals surface area contributed by atoms with Gasteiger partial charge in [-0.1, -0.05) is 24.3 Å². The maximum atomic E-state index is 13.7. The molecule has 2 saturated carbocycles. The van der Waals surface area contributed by atoms with E-state index in [4.69, 9.17) is 24.4 Å². The number of nitrogens with zero attached hydrogens (tertiary/aromatic N) is 4. The molecule has 360 valence electrons. The van der Waals surface area contributed by atoms with E-state index in [9.17, 15) is 35.2 Å². The number of hydrogen-bond acceptors (Lipinski definition) is 10. The molecule has 0 bridgehead atoms. The van der Waals surface area contributed by atoms with Crippen molar-refractivity contribution in [2.45, 2.75) is 138 Å². The van der Waals surface area contributed by atoms with E-state index < -0.39 is 93.0 Å². The van der Waals surface area contributed by atoms with Gasteiger partial charge in [-0.25, -0.2) is 18.4 Å². The van der Waals surface area contributed by atoms with Crippen molar-refractivity contribution in [3.63, 3.8) is 0 Å². The van der Waals surface area contributed by atoms with Gasteiger partial charge in [0.1, 0.15) is 11.6 Å². The summed E-state index contributed by atoms with van der Waals surface area (Å²) >= 11 is 0. The highest BCUT2D eigenvalue weighted by Crippen LogP contribution is 2.37. The first-order valence-corrected chi connectivity index (χ1v) is 24.4. The molecule has 0 spiro atoms. The SMILES string of the molecule is [2H][C@@H]1C[C@@H](OC[C@H]2[C@@H](NS(=O)(=O)N(C)C)C[C@@H](C)N2C(=O)OC)CC[C@@]1([2H])c1cccc(F)c1.[2H][C@H]1C[C@@H](OC[C@H]2[C@@H](NS(=O)(=O)N(C)C)C[C@@H](C)N2C(=O)OC)CC[C@]1([2H])c1cccc(F)c1. The van der Waals surface area contributed by atoms with Crippen LogP contribution in [0.25, 0.3) is 0 Å². The number of ether oxygens (including phenoxy) is 4. The number of carbonyl (C=O) groups excluding carboxylic acids is 2. The highest BCUT2D eigenvalue weighted by Gasteiger charge is 2.46. The van der Waals surface area contributed by atoms with Gasteiger partial charge in [-0.15, -0.1) is 0 Å². The quantitative estimate of drug-likeness (QED) is 0.238. The molecule has 6 rings (SSSR count). The van der Waals surface area contributed by atoms with E-state index in [1.807, 2.05) is 13.8 Å². The number of rotatable bonds is 14. The van der Waals surface area contributed by atoms with Crippen molar-refractivity contribution >= 4 is 32.6 Å². The lowest BCUT2D eigenvalue weighted by atomic mass is 9.82. The van der Waals surface area contributed by atoms with Crippen LogP contribution in [-0.2, 0) is 39.4 Å². The van der Waals surface area contributed by atoms with E-state index in [0.717, 1.165) is 8.61 Å². The third-order valence-corrected chi connectivity index (χ3v) is 15.4. The first-order valence-electron chi connectivity index (χ1n) is 23.6. The smallest absolute Gasteiger partial charge is 0.410 e. The molecule has 4 fully saturated rings. The minimum atomic E-state index is -3.73. The Morgan fingerprint density at radius 1 is 0.688 bits per heavy atom. The zero-order chi connectivity index (χ0) is 50.5. The van der Waals surface area contributed by atoms with Crippen LogP contribution in [0, 0.1) is 11.6 Å². The Morgan fingerprint density at radius 3 is 1.38 bits per heavy atom. The Balaban J connectivity index is 0.000000254. The lowest BCUT2D eigenvalue weighted by molar-refractivity contribution is -0.00866. The van der Waals surface area contributed by atoms with Crippen LogP contribution in [0.3, 0.4) is 0 Å². The van der Waals surface area contributed by atoms with Crippen LogP contribution in [0.2, 0.25) is 0 Å². The monoisotopic (exact) mass is 946 g/mol. The van der Waals surface area contributed by atoms with Gasteiger partial charge in [0.15, 0.2) is 0 Å². The minimum absolute atomic E-state index is 0.0579. The van der Waals surface area contributed by atoms with E-state index in [-0.39, 0.29) is 50.3 Å². The standard InChI is InChI=1S/2C22H34FN3O5S/c2*1-15-12-20(24-32(28,29)25(2)3)21(26(15)22(27)30-4)14-31-19-10-8-16(9-11-19)17-6-5-7-18(23)13-17/h2*5-7,13,15-16,19-21,24H,8-12,14H2,1-4H3/t15-,16-,19+,20+,21+;15-,16-,19-,20+,21+/m11/s1/i2*8D,16D/t8-,15-,16+,19-,20+,21+;8-,15+,16+,19+,20-,21-/m10. The molecule has 2 amide bonds. The van der Waals surface area contributed by atoms with Crippen LogP contribution in [0.5, 0.6) is 0 Å². The van der Waals surface area contributed by atoms with Crippen molar-refractivity contribution in [1.82, 2.24) is 27.9 Å². The fourth-order valence-electron chi connectivity index (χ4n) is 8.69. The molecule has 0 aromatic heterocycles. The number of benzene rings is 2. The van der Waals surface area contributed by atoms with Gasteiger partial charge in [-0.05, 0) is 125 Å². The zero-order valence-electron chi connectivity index (χ0n) is 41.9. The number of carbonyl (C=O) groups is 2. The molecule has 16 nitrogen and oxygen atoms in total. The summed E-state index contributed by atoms with van der Waals surface area (Å²) in [6.07, 6.45) is -0.470. The summed E-state index contributed by atoms with van der Waals surface area (Å²) in [5.74, 6) is -3.32. The van der Waals surface area contributed by atoms with Crippen LogP contribution in [-0.4, -0.2) is 152 Å². The van der Waals surface area contributed by atoms with Gasteiger partial charge in [0.05, 0.1) is 51.7 Å². The normalized spacial score (nSPS) is 34.3. The van der Waals surface area contributed by atoms with Gasteiger partial charge in [0.2, 0.25) is 0 Å². The number of nitrogens with one attached hydrogen (secondary N) is 2. The lowest BCUT2D eigenvalue weighted by Gasteiger charge is -2.33. The van der Waals surface area contributed by atoms with E-state index in [2.05, 4.69) is 9.44 Å². The minimum Gasteiger partial charge on any atom is -0.453 e. The second-order valence-corrected chi connectivity index (χ2v) is 20.9. The van der Waals surface area contributed by atoms with E-state index in [1.54, 1.807) is 24.3 Å². The number of hydrogen-bond donors (Lipinski definition) is 2. The third-order valence-electron chi connectivity index (χ3n) is 12.2. The maximum Gasteiger partial charge on any atom is 0.410 e. The molecule has 2 heterocycles. The maximum absolute atomic E-state index is 13.7. The van der Waals surface area contributed by atoms with Gasteiger partial charge >= 0.3 is 12.2 Å². The lowest BCUT2D eigenvalue weighted by Crippen LogP contribution is -2.52. The van der Waals surface area contributed by atoms with Gasteiger partial charge < -0.3 is 18.9 Å². The van der Waals surface area contributed by atoms with Crippen LogP contribution in [0.15, 0.2) is 48.5 Å². The summed E-state index contributed by atoms with van der Waals surface area (Å²) < 4.78 is 141. The Labute approximate surface area is 384 Å². The Bertz CT molecular complexity index is 2130. The number of halogens is 2. The van der Waals surface area contributed by atoms with Crippen molar-refractivity contribution in [1.29, 1.82) is 0 Å². The topological polar surface area (TPSA) is 176 Å². The molecule has 12 atom stereocenters. The largest absolute Gasteiger partial charge is 0.453 e. The molecule has 2 aliphatic carbocycles. The number of methoxy groups -OCH3 is 2. The Kier molecular flexibility index (Phi) is 16.3. The van der Waals surface area contributed by atoms with Crippen LogP contribution >= 0.6 is 0 Å². The fraction of sp³-hybridized carbons (Fsp3) is 0.682. The molecule has 20 heteroatoms. The molecule has 4 aliphatic rings. The molecule has 2 aromatic carbocycles. The molecule has 64 heavy (non-hydrogen) atoms. The van der Waals surface area contributed by atoms with E-state index >= 15 is 0 Å². The van der Waals surface area contributed by atoms with Crippen LogP contribution in [0.4, 0.5) is 18.4 Å². The van der Waals surface area contributed by atoms with Crippen molar-refractivity contribution in [3.8, 4) is 0 Å². The summed E-state index contributed by atoms with van der Waals surface area (Å²) in [5, 5.41) is 0. The molecular formula is C44H68F2N6O10S2. The summed E-state index contributed by atoms with van der Waals surface area (Å²) in [6.45, 7) is 3.76. The van der Waals surface area contributed by atoms with E-state index in [1.165, 1.54) is 76.5 Å².